The van der Waals surface area contributed by atoms with Crippen LogP contribution in [0.1, 0.15) is 30.7 Å². The summed E-state index contributed by atoms with van der Waals surface area (Å²) in [5, 5.41) is 12.0. The molecule has 4 heteroatoms. The van der Waals surface area contributed by atoms with Gasteiger partial charge in [-0.3, -0.25) is 0 Å². The summed E-state index contributed by atoms with van der Waals surface area (Å²) in [6.07, 6.45) is 1.54. The monoisotopic (exact) mass is 229 g/mol. The highest BCUT2D eigenvalue weighted by Gasteiger charge is 2.20. The average Bonchev–Trinajstić information content (AvgIpc) is 2.73. The van der Waals surface area contributed by atoms with E-state index in [0.717, 1.165) is 23.5 Å². The van der Waals surface area contributed by atoms with Gasteiger partial charge in [0.2, 0.25) is 0 Å². The summed E-state index contributed by atoms with van der Waals surface area (Å²) in [5.74, 6) is 0.958. The van der Waals surface area contributed by atoms with Gasteiger partial charge in [0.15, 0.2) is 0 Å². The van der Waals surface area contributed by atoms with E-state index in [0.29, 0.717) is 6.54 Å². The van der Waals surface area contributed by atoms with Crippen molar-refractivity contribution in [3.8, 4) is 5.75 Å². The van der Waals surface area contributed by atoms with Crippen LogP contribution in [0.2, 0.25) is 0 Å². The lowest BCUT2D eigenvalue weighted by Gasteiger charge is -2.19. The van der Waals surface area contributed by atoms with Crippen LogP contribution in [-0.2, 0) is 0 Å². The normalized spacial score (nSPS) is 14.9. The zero-order chi connectivity index (χ0) is 11.3. The van der Waals surface area contributed by atoms with Gasteiger partial charge in [-0.2, -0.15) is 0 Å². The molecule has 1 heterocycles. The van der Waals surface area contributed by atoms with Gasteiger partial charge < -0.3 is 15.6 Å². The van der Waals surface area contributed by atoms with E-state index in [1.165, 1.54) is 11.3 Å². The molecule has 0 aromatic carbocycles. The van der Waals surface area contributed by atoms with E-state index in [1.54, 1.807) is 7.11 Å². The van der Waals surface area contributed by atoms with Gasteiger partial charge in [0.1, 0.15) is 5.75 Å². The zero-order valence-corrected chi connectivity index (χ0v) is 10.1. The van der Waals surface area contributed by atoms with Crippen LogP contribution >= 0.6 is 11.3 Å². The third-order valence-corrected chi connectivity index (χ3v) is 3.51. The lowest BCUT2D eigenvalue weighted by molar-refractivity contribution is 0.110. The van der Waals surface area contributed by atoms with Crippen LogP contribution < -0.4 is 10.5 Å². The van der Waals surface area contributed by atoms with Crippen LogP contribution in [0.4, 0.5) is 0 Å². The maximum absolute atomic E-state index is 10.1. The van der Waals surface area contributed by atoms with Crippen molar-refractivity contribution in [1.82, 2.24) is 0 Å². The third kappa shape index (κ3) is 3.19. The molecule has 0 aliphatic rings. The summed E-state index contributed by atoms with van der Waals surface area (Å²) in [5.41, 5.74) is 5.65. The second kappa shape index (κ2) is 6.10. The fourth-order valence-corrected chi connectivity index (χ4v) is 2.54. The van der Waals surface area contributed by atoms with Crippen LogP contribution in [0.25, 0.3) is 0 Å². The molecule has 0 saturated heterocycles. The Morgan fingerprint density at radius 2 is 2.33 bits per heavy atom. The smallest absolute Gasteiger partial charge is 0.129 e. The predicted octanol–water partition coefficient (Wildman–Crippen LogP) is 2.17. The Hall–Kier alpha value is -0.580. The number of aliphatic hydroxyl groups is 1. The van der Waals surface area contributed by atoms with Gasteiger partial charge in [0.25, 0.3) is 0 Å². The topological polar surface area (TPSA) is 55.5 Å². The van der Waals surface area contributed by atoms with Gasteiger partial charge >= 0.3 is 0 Å². The summed E-state index contributed by atoms with van der Waals surface area (Å²) in [7, 11) is 1.63. The molecule has 3 nitrogen and oxygen atoms in total. The van der Waals surface area contributed by atoms with Gasteiger partial charge in [-0.25, -0.2) is 0 Å². The molecule has 1 aromatic rings. The Labute approximate surface area is 94.9 Å². The van der Waals surface area contributed by atoms with Crippen LogP contribution in [0.5, 0.6) is 5.75 Å². The van der Waals surface area contributed by atoms with E-state index < -0.39 is 6.10 Å². The molecule has 1 aromatic heterocycles. The Balaban J connectivity index is 2.68. The van der Waals surface area contributed by atoms with E-state index in [-0.39, 0.29) is 5.92 Å². The number of aliphatic hydroxyl groups excluding tert-OH is 1. The Morgan fingerprint density at radius 1 is 1.60 bits per heavy atom. The molecule has 0 amide bonds. The second-order valence-corrected chi connectivity index (χ2v) is 4.56. The maximum Gasteiger partial charge on any atom is 0.129 e. The number of rotatable bonds is 6. The van der Waals surface area contributed by atoms with Gasteiger partial charge in [0.05, 0.1) is 13.2 Å². The molecular weight excluding hydrogens is 210 g/mol. The van der Waals surface area contributed by atoms with Gasteiger partial charge in [-0.15, -0.1) is 11.3 Å². The molecule has 3 N–H and O–H groups in total. The summed E-state index contributed by atoms with van der Waals surface area (Å²) in [6.45, 7) is 2.62. The quantitative estimate of drug-likeness (QED) is 0.786. The van der Waals surface area contributed by atoms with E-state index in [1.807, 2.05) is 11.4 Å². The van der Waals surface area contributed by atoms with Crippen molar-refractivity contribution >= 4 is 11.3 Å². The molecule has 86 valence electrons. The highest BCUT2D eigenvalue weighted by Crippen LogP contribution is 2.32. The molecular formula is C11H19NO2S. The minimum absolute atomic E-state index is 0.151. The van der Waals surface area contributed by atoms with Crippen LogP contribution in [0.15, 0.2) is 11.4 Å². The van der Waals surface area contributed by atoms with Crippen LogP contribution in [0, 0.1) is 5.92 Å². The van der Waals surface area contributed by atoms with Crippen molar-refractivity contribution in [2.24, 2.45) is 11.7 Å². The molecule has 0 aliphatic heterocycles. The van der Waals surface area contributed by atoms with Crippen molar-refractivity contribution in [3.63, 3.8) is 0 Å². The minimum Gasteiger partial charge on any atom is -0.496 e. The van der Waals surface area contributed by atoms with E-state index in [4.69, 9.17) is 10.5 Å². The number of ether oxygens (including phenoxy) is 1. The Bertz CT molecular complexity index is 288. The van der Waals surface area contributed by atoms with Crippen LogP contribution in [0.3, 0.4) is 0 Å². The molecule has 0 saturated carbocycles. The SMILES string of the molecule is CCCC(CN)C(O)c1cc(OC)cs1. The fraction of sp³-hybridized carbons (Fsp3) is 0.636. The molecule has 0 aliphatic carbocycles. The molecule has 2 unspecified atom stereocenters. The standard InChI is InChI=1S/C11H19NO2S/c1-3-4-8(6-12)11(13)10-5-9(14-2)7-15-10/h5,7-8,11,13H,3-4,6,12H2,1-2H3. The maximum atomic E-state index is 10.1. The van der Waals surface area contributed by atoms with Gasteiger partial charge in [-0.05, 0) is 19.0 Å². The molecule has 2 atom stereocenters. The van der Waals surface area contributed by atoms with Crippen molar-refractivity contribution < 1.29 is 9.84 Å². The summed E-state index contributed by atoms with van der Waals surface area (Å²) >= 11 is 1.52. The highest BCUT2D eigenvalue weighted by molar-refractivity contribution is 7.10. The molecule has 1 rings (SSSR count). The third-order valence-electron chi connectivity index (χ3n) is 2.53. The second-order valence-electron chi connectivity index (χ2n) is 3.62. The lowest BCUT2D eigenvalue weighted by atomic mass is 9.96. The largest absolute Gasteiger partial charge is 0.496 e. The summed E-state index contributed by atoms with van der Waals surface area (Å²) in [6, 6.07) is 1.88. The number of methoxy groups -OCH3 is 1. The van der Waals surface area contributed by atoms with Crippen molar-refractivity contribution in [3.05, 3.63) is 16.3 Å². The molecule has 0 fully saturated rings. The van der Waals surface area contributed by atoms with Crippen molar-refractivity contribution in [2.45, 2.75) is 25.9 Å². The zero-order valence-electron chi connectivity index (χ0n) is 9.27. The van der Waals surface area contributed by atoms with Gasteiger partial charge in [-0.1, -0.05) is 13.3 Å². The first-order valence-corrected chi connectivity index (χ1v) is 6.11. The number of hydrogen-bond acceptors (Lipinski definition) is 4. The molecule has 15 heavy (non-hydrogen) atoms. The lowest BCUT2D eigenvalue weighted by Crippen LogP contribution is -2.21. The number of hydrogen-bond donors (Lipinski definition) is 2. The minimum atomic E-state index is -0.455. The van der Waals surface area contributed by atoms with Crippen molar-refractivity contribution in [2.75, 3.05) is 13.7 Å². The Kier molecular flexibility index (Phi) is 5.08. The summed E-state index contributed by atoms with van der Waals surface area (Å²) < 4.78 is 5.09. The fourth-order valence-electron chi connectivity index (χ4n) is 1.60. The highest BCUT2D eigenvalue weighted by atomic mass is 32.1. The number of thiophene rings is 1. The predicted molar refractivity (Wildman–Crippen MR) is 63.3 cm³/mol. The number of nitrogens with two attached hydrogens (primary N) is 1. The van der Waals surface area contributed by atoms with Gasteiger partial charge in [0, 0.05) is 16.2 Å². The van der Waals surface area contributed by atoms with Crippen LogP contribution in [-0.4, -0.2) is 18.8 Å². The average molecular weight is 229 g/mol. The molecule has 0 spiro atoms. The van der Waals surface area contributed by atoms with E-state index >= 15 is 0 Å². The van der Waals surface area contributed by atoms with E-state index in [9.17, 15) is 5.11 Å². The molecule has 0 radical (unpaired) electrons. The summed E-state index contributed by atoms with van der Waals surface area (Å²) in [4.78, 5) is 0.941. The van der Waals surface area contributed by atoms with Crippen molar-refractivity contribution in [1.29, 1.82) is 0 Å². The first kappa shape index (κ1) is 12.5. The first-order valence-electron chi connectivity index (χ1n) is 5.23. The first-order chi connectivity index (χ1) is 7.22. The van der Waals surface area contributed by atoms with E-state index in [2.05, 4.69) is 6.92 Å². The molecule has 0 bridgehead atoms. The Morgan fingerprint density at radius 3 is 2.80 bits per heavy atom.